The maximum Gasteiger partial charge on any atom is 0.168 e. The van der Waals surface area contributed by atoms with Crippen molar-refractivity contribution in [1.82, 2.24) is 0 Å². The number of carbonyl (C=O) groups is 2. The Balaban J connectivity index is 2.43. The number of rotatable bonds is 4. The molecular weight excluding hydrogens is 628 g/mol. The lowest BCUT2D eigenvalue weighted by molar-refractivity contribution is -0.255. The second-order valence-corrected chi connectivity index (χ2v) is 7.97. The number of carboxylic acids is 1. The lowest BCUT2D eigenvalue weighted by Gasteiger charge is -2.12. The Hall–Kier alpha value is -0.300. The third kappa shape index (κ3) is 3.96. The van der Waals surface area contributed by atoms with E-state index in [0.29, 0.717) is 0 Å². The Morgan fingerprint density at radius 3 is 2.23 bits per heavy atom. The van der Waals surface area contributed by atoms with Crippen molar-refractivity contribution in [1.29, 1.82) is 0 Å². The van der Waals surface area contributed by atoms with Gasteiger partial charge in [0.05, 0.1) is 5.97 Å². The average Bonchev–Trinajstić information content (AvgIpc) is 2.41. The molecule has 0 amide bonds. The number of halogens is 4. The van der Waals surface area contributed by atoms with Crippen LogP contribution in [0.25, 0.3) is 0 Å². The average molecular weight is 635 g/mol. The molecule has 0 fully saturated rings. The molecule has 0 saturated carbocycles. The molecule has 0 aliphatic rings. The SMILES string of the molecule is O=C(Cc1c(I)cc(I)cc1I)c1cccc(F)c1C(=O)[O-]. The highest BCUT2D eigenvalue weighted by Crippen LogP contribution is 2.25. The minimum Gasteiger partial charge on any atom is -0.545 e. The van der Waals surface area contributed by atoms with E-state index in [9.17, 15) is 19.1 Å². The Bertz CT molecular complexity index is 752. The minimum absolute atomic E-state index is 0.0111. The van der Waals surface area contributed by atoms with E-state index >= 15 is 0 Å². The van der Waals surface area contributed by atoms with Crippen LogP contribution in [-0.4, -0.2) is 11.8 Å². The summed E-state index contributed by atoms with van der Waals surface area (Å²) in [7, 11) is 0. The summed E-state index contributed by atoms with van der Waals surface area (Å²) < 4.78 is 16.5. The van der Waals surface area contributed by atoms with Gasteiger partial charge in [-0.05, 0) is 91.5 Å². The number of ketones is 1. The van der Waals surface area contributed by atoms with Gasteiger partial charge in [-0.1, -0.05) is 12.1 Å². The monoisotopic (exact) mass is 635 g/mol. The van der Waals surface area contributed by atoms with E-state index < -0.39 is 23.1 Å². The third-order valence-corrected chi connectivity index (χ3v) is 5.51. The van der Waals surface area contributed by atoms with Crippen LogP contribution in [0, 0.1) is 16.5 Å². The van der Waals surface area contributed by atoms with Crippen molar-refractivity contribution in [3.63, 3.8) is 0 Å². The van der Waals surface area contributed by atoms with Gasteiger partial charge in [0.1, 0.15) is 5.82 Å². The summed E-state index contributed by atoms with van der Waals surface area (Å²) in [6, 6.07) is 7.48. The molecule has 2 rings (SSSR count). The van der Waals surface area contributed by atoms with Gasteiger partial charge in [0.25, 0.3) is 0 Å². The summed E-state index contributed by atoms with van der Waals surface area (Å²) in [6.45, 7) is 0. The van der Waals surface area contributed by atoms with Crippen LogP contribution in [0.3, 0.4) is 0 Å². The molecule has 0 bridgehead atoms. The largest absolute Gasteiger partial charge is 0.545 e. The smallest absolute Gasteiger partial charge is 0.168 e. The minimum atomic E-state index is -1.69. The van der Waals surface area contributed by atoms with Crippen molar-refractivity contribution < 1.29 is 19.1 Å². The van der Waals surface area contributed by atoms with Gasteiger partial charge in [-0.25, -0.2) is 4.39 Å². The predicted octanol–water partition coefficient (Wildman–Crippen LogP) is 3.43. The number of carbonyl (C=O) groups excluding carboxylic acids is 2. The van der Waals surface area contributed by atoms with Crippen molar-refractivity contribution in [3.05, 3.63) is 63.5 Å². The van der Waals surface area contributed by atoms with Crippen LogP contribution < -0.4 is 5.11 Å². The Kier molecular flexibility index (Phi) is 6.16. The van der Waals surface area contributed by atoms with E-state index in [1.54, 1.807) is 0 Å². The van der Waals surface area contributed by atoms with Gasteiger partial charge in [0.15, 0.2) is 5.78 Å². The summed E-state index contributed by atoms with van der Waals surface area (Å²) in [5.41, 5.74) is -0.0339. The molecule has 114 valence electrons. The number of hydrogen-bond donors (Lipinski definition) is 0. The molecule has 22 heavy (non-hydrogen) atoms. The number of aromatic carboxylic acids is 1. The number of Topliss-reactive ketones (excluding diaryl/α,β-unsaturated/α-hetero) is 1. The normalized spacial score (nSPS) is 10.5. The zero-order valence-electron chi connectivity index (χ0n) is 10.8. The molecule has 3 nitrogen and oxygen atoms in total. The third-order valence-electron chi connectivity index (χ3n) is 2.96. The molecule has 0 N–H and O–H groups in total. The first-order chi connectivity index (χ1) is 10.3. The van der Waals surface area contributed by atoms with Crippen LogP contribution in [0.15, 0.2) is 30.3 Å². The van der Waals surface area contributed by atoms with Crippen LogP contribution in [0.4, 0.5) is 4.39 Å². The van der Waals surface area contributed by atoms with Crippen molar-refractivity contribution in [2.24, 2.45) is 0 Å². The van der Waals surface area contributed by atoms with E-state index in [1.165, 1.54) is 12.1 Å². The second kappa shape index (κ2) is 7.51. The highest BCUT2D eigenvalue weighted by Gasteiger charge is 2.18. The van der Waals surface area contributed by atoms with Crippen molar-refractivity contribution in [3.8, 4) is 0 Å². The first kappa shape index (κ1) is 18.0. The fourth-order valence-corrected chi connectivity index (χ4v) is 5.92. The molecule has 0 spiro atoms. The summed E-state index contributed by atoms with van der Waals surface area (Å²) in [4.78, 5) is 23.5. The first-order valence-corrected chi connectivity index (χ1v) is 9.21. The number of carboxylic acid groups (broad SMARTS) is 1. The topological polar surface area (TPSA) is 57.2 Å². The molecule has 0 unspecified atom stereocenters. The van der Waals surface area contributed by atoms with Gasteiger partial charge in [0, 0.05) is 28.3 Å². The first-order valence-electron chi connectivity index (χ1n) is 5.97. The van der Waals surface area contributed by atoms with E-state index in [0.717, 1.165) is 22.3 Å². The van der Waals surface area contributed by atoms with E-state index in [1.807, 2.05) is 12.1 Å². The number of hydrogen-bond acceptors (Lipinski definition) is 3. The zero-order valence-corrected chi connectivity index (χ0v) is 17.3. The number of benzene rings is 2. The highest BCUT2D eigenvalue weighted by molar-refractivity contribution is 14.1. The van der Waals surface area contributed by atoms with Crippen LogP contribution in [0.1, 0.15) is 26.3 Å². The summed E-state index contributed by atoms with van der Waals surface area (Å²) in [5.74, 6) is -3.10. The molecule has 0 aliphatic heterocycles. The molecule has 0 radical (unpaired) electrons. The van der Waals surface area contributed by atoms with Gasteiger partial charge >= 0.3 is 0 Å². The molecular formula is C15H7FI3O3-. The van der Waals surface area contributed by atoms with Gasteiger partial charge in [-0.3, -0.25) is 4.79 Å². The maximum absolute atomic E-state index is 13.6. The molecule has 2 aromatic rings. The molecule has 0 aromatic heterocycles. The highest BCUT2D eigenvalue weighted by atomic mass is 127. The lowest BCUT2D eigenvalue weighted by atomic mass is 9.98. The zero-order chi connectivity index (χ0) is 16.4. The Morgan fingerprint density at radius 2 is 1.68 bits per heavy atom. The molecule has 0 saturated heterocycles. The summed E-state index contributed by atoms with van der Waals surface area (Å²) in [5, 5.41) is 11.1. The van der Waals surface area contributed by atoms with E-state index in [-0.39, 0.29) is 12.0 Å². The quantitative estimate of drug-likeness (QED) is 0.383. The molecule has 0 heterocycles. The molecule has 7 heteroatoms. The molecule has 2 aromatic carbocycles. The van der Waals surface area contributed by atoms with Gasteiger partial charge in [0.2, 0.25) is 0 Å². The summed E-state index contributed by atoms with van der Waals surface area (Å²) in [6.07, 6.45) is 0.0111. The second-order valence-electron chi connectivity index (χ2n) is 4.40. The fraction of sp³-hybridized carbons (Fsp3) is 0.0667. The van der Waals surface area contributed by atoms with Gasteiger partial charge < -0.3 is 9.90 Å². The standard InChI is InChI=1S/C15H8FI3O3/c16-10-3-1-2-8(14(10)15(21)22)13(20)6-9-11(18)4-7(17)5-12(9)19/h1-5H,6H2,(H,21,22)/p-1. The molecule has 0 atom stereocenters. The van der Waals surface area contributed by atoms with Crippen molar-refractivity contribution >= 4 is 79.5 Å². The maximum atomic E-state index is 13.6. The fourth-order valence-electron chi connectivity index (χ4n) is 1.96. The van der Waals surface area contributed by atoms with Crippen LogP contribution in [0.5, 0.6) is 0 Å². The van der Waals surface area contributed by atoms with Crippen LogP contribution in [0.2, 0.25) is 0 Å². The molecule has 0 aliphatic carbocycles. The van der Waals surface area contributed by atoms with Crippen LogP contribution in [-0.2, 0) is 6.42 Å². The van der Waals surface area contributed by atoms with Gasteiger partial charge in [-0.2, -0.15) is 0 Å². The van der Waals surface area contributed by atoms with Crippen molar-refractivity contribution in [2.45, 2.75) is 6.42 Å². The predicted molar refractivity (Wildman–Crippen MR) is 103 cm³/mol. The van der Waals surface area contributed by atoms with Gasteiger partial charge in [-0.15, -0.1) is 0 Å². The summed E-state index contributed by atoms with van der Waals surface area (Å²) >= 11 is 6.44. The van der Waals surface area contributed by atoms with Crippen LogP contribution >= 0.6 is 67.8 Å². The Morgan fingerprint density at radius 1 is 1.09 bits per heavy atom. The van der Waals surface area contributed by atoms with E-state index in [4.69, 9.17) is 0 Å². The van der Waals surface area contributed by atoms with Crippen molar-refractivity contribution in [2.75, 3.05) is 0 Å². The van der Waals surface area contributed by atoms with E-state index in [2.05, 4.69) is 67.8 Å². The lowest BCUT2D eigenvalue weighted by Crippen LogP contribution is -2.27. The Labute approximate surface area is 167 Å².